The van der Waals surface area contributed by atoms with Crippen molar-refractivity contribution in [2.24, 2.45) is 35.3 Å². The van der Waals surface area contributed by atoms with Crippen LogP contribution in [-0.2, 0) is 66.9 Å². The largest absolute Gasteiger partial charge is 0.460 e. The molecule has 0 radical (unpaired) electrons. The van der Waals surface area contributed by atoms with Gasteiger partial charge in [0, 0.05) is 63.7 Å². The van der Waals surface area contributed by atoms with Crippen LogP contribution in [0.4, 0.5) is 14.4 Å². The summed E-state index contributed by atoms with van der Waals surface area (Å²) in [4.78, 5) is 182. The van der Waals surface area contributed by atoms with Crippen molar-refractivity contribution >= 4 is 77.0 Å². The van der Waals surface area contributed by atoms with Gasteiger partial charge in [-0.2, -0.15) is 0 Å². The minimum Gasteiger partial charge on any atom is -0.460 e. The second kappa shape index (κ2) is 39.0. The van der Waals surface area contributed by atoms with E-state index in [9.17, 15) is 72.5 Å². The number of carbonyl (C=O) groups excluding carboxylic acids is 13. The molecule has 1 aliphatic heterocycles. The molecule has 11 atom stereocenters. The number of hydrogen-bond acceptors (Lipinski definition) is 20. The Morgan fingerprint density at radius 3 is 1.43 bits per heavy atom. The predicted octanol–water partition coefficient (Wildman–Crippen LogP) is 3.09. The molecule has 1 fully saturated rings. The molecule has 1 saturated heterocycles. The molecule has 0 aromatic heterocycles. The maximum absolute atomic E-state index is 14.9. The Morgan fingerprint density at radius 2 is 0.968 bits per heavy atom. The average Bonchev–Trinajstić information content (AvgIpc) is 1.16. The van der Waals surface area contributed by atoms with E-state index >= 15 is 0 Å². The molecule has 1 heterocycles. The van der Waals surface area contributed by atoms with E-state index in [4.69, 9.17) is 24.7 Å². The highest BCUT2D eigenvalue weighted by atomic mass is 16.6. The fourth-order valence-electron chi connectivity index (χ4n) is 9.55. The summed E-state index contributed by atoms with van der Waals surface area (Å²) in [5, 5.41) is 44.8. The molecule has 1 aliphatic rings. The summed E-state index contributed by atoms with van der Waals surface area (Å²) in [6, 6.07) is -8.91. The summed E-state index contributed by atoms with van der Waals surface area (Å²) < 4.78 is 21.5. The normalized spacial score (nSPS) is 22.1. The number of ketones is 3. The van der Waals surface area contributed by atoms with Gasteiger partial charge < -0.3 is 82.7 Å². The van der Waals surface area contributed by atoms with E-state index in [0.717, 1.165) is 0 Å². The van der Waals surface area contributed by atoms with E-state index in [1.54, 1.807) is 111 Å². The second-order valence-electron chi connectivity index (χ2n) is 28.8. The van der Waals surface area contributed by atoms with Gasteiger partial charge in [-0.25, -0.2) is 14.4 Å². The van der Waals surface area contributed by atoms with Crippen LogP contribution in [0.1, 0.15) is 202 Å². The molecular weight excluding hydrogens is 1210 g/mol. The van der Waals surface area contributed by atoms with Crippen LogP contribution in [-0.4, -0.2) is 184 Å². The lowest BCUT2D eigenvalue weighted by Crippen LogP contribution is -2.57. The first kappa shape index (κ1) is 84.0. The summed E-state index contributed by atoms with van der Waals surface area (Å²) >= 11 is 0. The molecule has 0 spiro atoms. The number of Topliss-reactive ketones (excluding diaryl/α,β-unsaturated/α-hetero) is 3. The number of alkyl carbamates (subject to hydrolysis) is 3. The van der Waals surface area contributed by atoms with Gasteiger partial charge in [0.2, 0.25) is 35.4 Å². The molecule has 532 valence electrons. The number of aliphatic hydroxyl groups is 2. The van der Waals surface area contributed by atoms with Gasteiger partial charge in [-0.3, -0.25) is 47.9 Å². The summed E-state index contributed by atoms with van der Waals surface area (Å²) in [5.74, 6) is -13.1. The highest BCUT2D eigenvalue weighted by molar-refractivity contribution is 5.98. The van der Waals surface area contributed by atoms with Crippen molar-refractivity contribution in [3.05, 3.63) is 0 Å². The second-order valence-corrected chi connectivity index (χ2v) is 28.8. The van der Waals surface area contributed by atoms with Gasteiger partial charge in [0.1, 0.15) is 40.5 Å². The quantitative estimate of drug-likeness (QED) is 0.0488. The molecule has 0 aliphatic carbocycles. The summed E-state index contributed by atoms with van der Waals surface area (Å²) in [6.45, 7) is 28.0. The number of esters is 1. The lowest BCUT2D eigenvalue weighted by Gasteiger charge is -2.28. The molecule has 0 aromatic rings. The number of nitrogens with one attached hydrogen (secondary N) is 9. The molecule has 93 heavy (non-hydrogen) atoms. The molecule has 9 amide bonds. The maximum Gasteiger partial charge on any atom is 0.407 e. The van der Waals surface area contributed by atoms with Gasteiger partial charge in [-0.1, -0.05) is 27.7 Å². The number of carbonyl (C=O) groups is 13. The minimum atomic E-state index is -1.56. The average molecular weight is 1330 g/mol. The molecule has 0 aromatic carbocycles. The van der Waals surface area contributed by atoms with Gasteiger partial charge in [0.25, 0.3) is 0 Å². The van der Waals surface area contributed by atoms with Crippen molar-refractivity contribution in [2.75, 3.05) is 26.2 Å². The zero-order valence-electron chi connectivity index (χ0n) is 58.2. The van der Waals surface area contributed by atoms with Crippen LogP contribution in [0, 0.1) is 29.6 Å². The lowest BCUT2D eigenvalue weighted by atomic mass is 9.88. The van der Waals surface area contributed by atoms with Crippen LogP contribution in [0.15, 0.2) is 0 Å². The van der Waals surface area contributed by atoms with Gasteiger partial charge in [-0.05, 0) is 160 Å². The highest BCUT2D eigenvalue weighted by Crippen LogP contribution is 2.23. The molecule has 29 nitrogen and oxygen atoms in total. The third-order valence-corrected chi connectivity index (χ3v) is 14.0. The van der Waals surface area contributed by atoms with E-state index in [0.29, 0.717) is 0 Å². The standard InChI is InChI=1S/C64H112N10O19/c1-35(2)30-40-33-48(78)42(23-27-67-58(87)91-62(10,11)12)70-52(81)39(32-47(77)43(72-57(86)51(65)38(6)76)24-28-68-59(88)92-63(13,14)15)22-26-66-54(83)41(37(5)75)34-49(79)44(25-29-69-60(89)93-64(16,17)18)71-55(84)45(20-19-21-50(80)90-61(7,8)9)73-56(85)46(31-36(3)4)74-53(40)82/h35-46,51,75-76H,19-34,65H2,1-18H3,(H,66,83)(H,67,87)(H,68,88)(H,69,89)(H,70,81)(H,71,84)(H,72,86)(H,73,85)(H,74,82)/t37?,38?,39-,40+,41+,42+,43+,44+,45+,46+,51+/m1/s1. The molecule has 29 heteroatoms. The van der Waals surface area contributed by atoms with E-state index in [1.807, 2.05) is 0 Å². The number of hydrogen-bond donors (Lipinski definition) is 12. The van der Waals surface area contributed by atoms with Gasteiger partial charge in [-0.15, -0.1) is 0 Å². The molecule has 13 N–H and O–H groups in total. The number of aliphatic hydroxyl groups excluding tert-OH is 2. The zero-order chi connectivity index (χ0) is 71.5. The first-order valence-corrected chi connectivity index (χ1v) is 32.3. The first-order chi connectivity index (χ1) is 42.7. The maximum atomic E-state index is 14.9. The number of rotatable bonds is 24. The molecule has 0 bridgehead atoms. The first-order valence-electron chi connectivity index (χ1n) is 32.3. The van der Waals surface area contributed by atoms with Crippen LogP contribution in [0.3, 0.4) is 0 Å². The van der Waals surface area contributed by atoms with E-state index in [-0.39, 0.29) is 82.8 Å². The van der Waals surface area contributed by atoms with Crippen LogP contribution in [0.5, 0.6) is 0 Å². The Labute approximate surface area is 548 Å². The fourth-order valence-corrected chi connectivity index (χ4v) is 9.55. The SMILES string of the molecule is CC(C)C[C@H]1CC(=O)[C@H](CCNC(=O)OC(C)(C)C)NC(=O)[C@@H](CC(=O)[C@H](CCNC(=O)OC(C)(C)C)NC(=O)[C@@H](N)C(C)O)CCNC(=O)[C@H](C(C)O)CC(=O)[C@H](CCNC(=O)OC(C)(C)C)NC(=O)[C@H](CCCC(=O)OC(C)(C)C)NC(=O)[C@H](CC(C)C)NC1=O. The van der Waals surface area contributed by atoms with Gasteiger partial charge in [0.15, 0.2) is 17.3 Å². The lowest BCUT2D eigenvalue weighted by molar-refractivity contribution is -0.155. The van der Waals surface area contributed by atoms with Crippen LogP contribution in [0.25, 0.3) is 0 Å². The zero-order valence-corrected chi connectivity index (χ0v) is 58.2. The van der Waals surface area contributed by atoms with Crippen molar-refractivity contribution in [1.29, 1.82) is 0 Å². The Bertz CT molecular complexity index is 2530. The predicted molar refractivity (Wildman–Crippen MR) is 343 cm³/mol. The Hall–Kier alpha value is -7.01. The monoisotopic (exact) mass is 1320 g/mol. The van der Waals surface area contributed by atoms with Crippen molar-refractivity contribution < 1.29 is 91.5 Å². The van der Waals surface area contributed by atoms with Crippen molar-refractivity contribution in [3.8, 4) is 0 Å². The summed E-state index contributed by atoms with van der Waals surface area (Å²) in [7, 11) is 0. The van der Waals surface area contributed by atoms with Crippen LogP contribution >= 0.6 is 0 Å². The van der Waals surface area contributed by atoms with Crippen molar-refractivity contribution in [2.45, 2.75) is 273 Å². The van der Waals surface area contributed by atoms with Gasteiger partial charge in [0.05, 0.1) is 36.3 Å². The Kier molecular flexibility index (Phi) is 35.2. The van der Waals surface area contributed by atoms with Crippen LogP contribution in [0.2, 0.25) is 0 Å². The topological polar surface area (TPSA) is 434 Å². The summed E-state index contributed by atoms with van der Waals surface area (Å²) in [6.07, 6.45) is -9.23. The fraction of sp³-hybridized carbons (Fsp3) is 0.797. The van der Waals surface area contributed by atoms with E-state index in [2.05, 4.69) is 47.9 Å². The highest BCUT2D eigenvalue weighted by Gasteiger charge is 2.38. The van der Waals surface area contributed by atoms with Crippen LogP contribution < -0.4 is 53.6 Å². The molecular formula is C64H112N10O19. The third kappa shape index (κ3) is 36.3. The number of amides is 9. The molecule has 0 saturated carbocycles. The third-order valence-electron chi connectivity index (χ3n) is 14.0. The number of ether oxygens (including phenoxy) is 4. The van der Waals surface area contributed by atoms with E-state index < -0.39 is 198 Å². The Morgan fingerprint density at radius 1 is 0.538 bits per heavy atom. The van der Waals surface area contributed by atoms with E-state index in [1.165, 1.54) is 13.8 Å². The van der Waals surface area contributed by atoms with Crippen molar-refractivity contribution in [1.82, 2.24) is 47.9 Å². The number of nitrogens with two attached hydrogens (primary N) is 1. The smallest absolute Gasteiger partial charge is 0.407 e. The molecule has 1 rings (SSSR count). The molecule has 2 unspecified atom stereocenters. The Balaban J connectivity index is 4.32. The summed E-state index contributed by atoms with van der Waals surface area (Å²) in [5.41, 5.74) is 2.32. The van der Waals surface area contributed by atoms with Gasteiger partial charge >= 0.3 is 24.2 Å². The minimum absolute atomic E-state index is 0.000312. The van der Waals surface area contributed by atoms with Crippen molar-refractivity contribution in [3.63, 3.8) is 0 Å².